The maximum absolute atomic E-state index is 15.5. The van der Waals surface area contributed by atoms with Crippen LogP contribution in [0.2, 0.25) is 0 Å². The zero-order valence-corrected chi connectivity index (χ0v) is 44.3. The Morgan fingerprint density at radius 1 is 0.376 bits per heavy atom. The Labute approximate surface area is 483 Å². The van der Waals surface area contributed by atoms with Crippen LogP contribution in [-0.2, 0) is 6.18 Å². The highest BCUT2D eigenvalue weighted by atomic mass is 19.4. The molecule has 0 fully saturated rings. The zero-order valence-electron chi connectivity index (χ0n) is 44.3. The summed E-state index contributed by atoms with van der Waals surface area (Å²) >= 11 is 0. The summed E-state index contributed by atoms with van der Waals surface area (Å²) in [5, 5.41) is 43.2. The van der Waals surface area contributed by atoms with Gasteiger partial charge in [0, 0.05) is 32.7 Å². The van der Waals surface area contributed by atoms with Gasteiger partial charge in [-0.3, -0.25) is 0 Å². The third-order valence-corrected chi connectivity index (χ3v) is 15.1. The number of hydrogen-bond donors (Lipinski definition) is 0. The molecule has 0 saturated heterocycles. The molecule has 10 aromatic carbocycles. The molecule has 392 valence electrons. The predicted octanol–water partition coefficient (Wildman–Crippen LogP) is 19.8. The largest absolute Gasteiger partial charge is 0.416 e. The fourth-order valence-electron chi connectivity index (χ4n) is 11.4. The van der Waals surface area contributed by atoms with Gasteiger partial charge >= 0.3 is 6.18 Å². The van der Waals surface area contributed by atoms with Crippen LogP contribution >= 0.6 is 0 Å². The molecule has 0 aliphatic rings. The number of hydrogen-bond acceptors (Lipinski definition) is 4. The van der Waals surface area contributed by atoms with E-state index in [1.807, 2.05) is 81.9 Å². The molecule has 0 aliphatic carbocycles. The lowest BCUT2D eigenvalue weighted by atomic mass is 9.92. The lowest BCUT2D eigenvalue weighted by Crippen LogP contribution is -2.09. The van der Waals surface area contributed by atoms with E-state index in [1.54, 1.807) is 73.7 Å². The molecule has 0 atom stereocenters. The van der Waals surface area contributed by atoms with Gasteiger partial charge in [-0.15, -0.1) is 0 Å². The van der Waals surface area contributed by atoms with Crippen LogP contribution in [0.25, 0.3) is 135 Å². The van der Waals surface area contributed by atoms with Gasteiger partial charge in [-0.05, 0) is 165 Å². The number of aromatic nitrogens is 2. The van der Waals surface area contributed by atoms with Crippen LogP contribution in [0.15, 0.2) is 176 Å². The quantitative estimate of drug-likeness (QED) is 0.147. The molecule has 0 amide bonds. The van der Waals surface area contributed by atoms with E-state index in [1.165, 1.54) is 30.3 Å². The third-order valence-electron chi connectivity index (χ3n) is 15.1. The summed E-state index contributed by atoms with van der Waals surface area (Å²) in [5.74, 6) is 0. The zero-order chi connectivity index (χ0) is 59.4. The van der Waals surface area contributed by atoms with Crippen LogP contribution in [0.1, 0.15) is 33.4 Å². The lowest BCUT2D eigenvalue weighted by molar-refractivity contribution is -0.137. The van der Waals surface area contributed by atoms with Crippen LogP contribution < -0.4 is 0 Å². The Bertz CT molecular complexity index is 4990. The van der Waals surface area contributed by atoms with E-state index >= 15 is 13.2 Å². The number of nitriles is 4. The molecule has 85 heavy (non-hydrogen) atoms. The van der Waals surface area contributed by atoms with Crippen molar-refractivity contribution in [3.8, 4) is 91.3 Å². The summed E-state index contributed by atoms with van der Waals surface area (Å²) < 4.78 is 50.4. The molecular weight excluding hydrogens is 1060 g/mol. The Morgan fingerprint density at radius 2 is 0.729 bits per heavy atom. The van der Waals surface area contributed by atoms with Gasteiger partial charge in [-0.25, -0.2) is 24.2 Å². The second kappa shape index (κ2) is 20.6. The monoisotopic (exact) mass is 1100 g/mol. The summed E-state index contributed by atoms with van der Waals surface area (Å²) in [6, 6.07) is 57.5. The minimum Gasteiger partial charge on any atom is -0.308 e. The highest BCUT2D eigenvalue weighted by molar-refractivity contribution is 6.14. The van der Waals surface area contributed by atoms with E-state index in [4.69, 9.17) is 32.9 Å². The van der Waals surface area contributed by atoms with Crippen molar-refractivity contribution in [2.24, 2.45) is 0 Å². The van der Waals surface area contributed by atoms with E-state index in [0.717, 1.165) is 6.07 Å². The summed E-state index contributed by atoms with van der Waals surface area (Å²) in [4.78, 5) is 18.6. The van der Waals surface area contributed by atoms with E-state index in [9.17, 15) is 21.0 Å². The molecular formula is C71H32F3N11. The molecule has 11 nitrogen and oxygen atoms in total. The normalized spacial score (nSPS) is 11.0. The van der Waals surface area contributed by atoms with E-state index in [0.29, 0.717) is 93.8 Å². The van der Waals surface area contributed by atoms with Gasteiger partial charge < -0.3 is 9.13 Å². The Kier molecular flexibility index (Phi) is 12.8. The highest BCUT2D eigenvalue weighted by Crippen LogP contribution is 2.49. The number of rotatable bonds is 7. The number of halogens is 3. The van der Waals surface area contributed by atoms with E-state index in [2.05, 4.69) is 48.5 Å². The standard InChI is InChI=1S/C71H32F3N11/c1-40-8-7-9-62(71(72,73)74)70(40)61-34-68(84-64-30-46(50-21-43(38-77)23-53(25-50)79-2)11-15-57(64)58-16-12-47(31-65(58)84)51-22-44(39-78)24-54(26-51)80-3)69(35-63(61)83-6)85-66-29-45(49-19-41(36-75)18-42(20-49)37-76)10-14-59(66)60-17-13-48(32-67(60)85)52-27-55(81-4)33-56(28-52)82-5/h7-35H,1H3. The average Bonchev–Trinajstić information content (AvgIpc) is 2.36. The van der Waals surface area contributed by atoms with Crippen molar-refractivity contribution >= 4 is 72.0 Å². The number of benzene rings is 10. The van der Waals surface area contributed by atoms with Gasteiger partial charge in [-0.1, -0.05) is 78.9 Å². The van der Waals surface area contributed by atoms with Crippen molar-refractivity contribution in [2.75, 3.05) is 0 Å². The molecule has 0 N–H and O–H groups in total. The molecule has 0 unspecified atom stereocenters. The number of alkyl halides is 3. The molecule has 2 heterocycles. The van der Waals surface area contributed by atoms with Crippen molar-refractivity contribution in [3.05, 3.63) is 266 Å². The van der Waals surface area contributed by atoms with Gasteiger partial charge in [0.2, 0.25) is 0 Å². The maximum Gasteiger partial charge on any atom is 0.416 e. The van der Waals surface area contributed by atoms with Crippen LogP contribution in [0.4, 0.5) is 41.6 Å². The number of fused-ring (bicyclic) bond motifs is 6. The molecule has 14 heteroatoms. The molecule has 0 radical (unpaired) electrons. The topological polar surface area (TPSA) is 127 Å². The lowest BCUT2D eigenvalue weighted by Gasteiger charge is -2.22. The SMILES string of the molecule is [C-]#[N+]c1cc(C#N)cc(-c2ccc3c4ccc(-c5cc(C#N)cc([N+]#[C-])c5)cc4n(-c4cc(-c5c(C)cccc5C(F)(F)F)c([N+]#[C-])cc4-n4c5cc(-c6cc(C#N)cc(C#N)c6)ccc5c5ccc(-c6cc([N+]#[C-])cc([N+]#[C-])c6)cc54)c3c2)c1. The first-order valence-electron chi connectivity index (χ1n) is 25.8. The van der Waals surface area contributed by atoms with Gasteiger partial charge in [0.25, 0.3) is 0 Å². The number of nitrogens with zero attached hydrogens (tertiary/aromatic N) is 11. The van der Waals surface area contributed by atoms with Crippen molar-refractivity contribution in [3.63, 3.8) is 0 Å². The van der Waals surface area contributed by atoms with Crippen LogP contribution in [0.5, 0.6) is 0 Å². The first-order valence-corrected chi connectivity index (χ1v) is 25.8. The molecule has 2 aromatic heterocycles. The van der Waals surface area contributed by atoms with Gasteiger partial charge in [-0.2, -0.15) is 34.2 Å². The molecule has 0 bridgehead atoms. The van der Waals surface area contributed by atoms with E-state index < -0.39 is 11.7 Å². The molecule has 12 rings (SSSR count). The Balaban J connectivity index is 1.30. The summed E-state index contributed by atoms with van der Waals surface area (Å²) in [7, 11) is 0. The summed E-state index contributed by atoms with van der Waals surface area (Å²) in [5.41, 5.74) is 8.05. The van der Waals surface area contributed by atoms with Crippen LogP contribution in [-0.4, -0.2) is 9.13 Å². The number of aryl methyl sites for hydroxylation is 1. The van der Waals surface area contributed by atoms with Crippen LogP contribution in [0, 0.1) is 85.1 Å². The first kappa shape index (κ1) is 52.7. The maximum atomic E-state index is 15.5. The van der Waals surface area contributed by atoms with Gasteiger partial charge in [0.1, 0.15) is 0 Å². The molecule has 0 aliphatic heterocycles. The predicted molar refractivity (Wildman–Crippen MR) is 322 cm³/mol. The third kappa shape index (κ3) is 9.07. The molecule has 0 saturated carbocycles. The van der Waals surface area contributed by atoms with Crippen molar-refractivity contribution in [1.82, 2.24) is 9.13 Å². The Hall–Kier alpha value is -13.0. The van der Waals surface area contributed by atoms with Crippen molar-refractivity contribution in [2.45, 2.75) is 13.1 Å². The molecule has 0 spiro atoms. The second-order valence-electron chi connectivity index (χ2n) is 20.0. The van der Waals surface area contributed by atoms with E-state index in [-0.39, 0.29) is 73.1 Å². The van der Waals surface area contributed by atoms with Crippen LogP contribution in [0.3, 0.4) is 0 Å². The van der Waals surface area contributed by atoms with Crippen molar-refractivity contribution in [1.29, 1.82) is 21.0 Å². The summed E-state index contributed by atoms with van der Waals surface area (Å²) in [6.07, 6.45) is -4.87. The fourth-order valence-corrected chi connectivity index (χ4v) is 11.4. The highest BCUT2D eigenvalue weighted by Gasteiger charge is 2.35. The van der Waals surface area contributed by atoms with Gasteiger partial charge in [0.05, 0.1) is 107 Å². The average molecular weight is 1100 g/mol. The Morgan fingerprint density at radius 3 is 1.09 bits per heavy atom. The van der Waals surface area contributed by atoms with Gasteiger partial charge in [0.15, 0.2) is 28.4 Å². The fraction of sp³-hybridized carbons (Fsp3) is 0.0282. The smallest absolute Gasteiger partial charge is 0.308 e. The minimum atomic E-state index is -4.87. The second-order valence-corrected chi connectivity index (χ2v) is 20.0. The summed E-state index contributed by atoms with van der Waals surface area (Å²) in [6.45, 7) is 42.0. The molecule has 12 aromatic rings. The minimum absolute atomic E-state index is 0.0320. The van der Waals surface area contributed by atoms with Crippen molar-refractivity contribution < 1.29 is 13.2 Å². The first-order chi connectivity index (χ1) is 41.2.